The van der Waals surface area contributed by atoms with Crippen molar-refractivity contribution in [3.8, 4) is 0 Å². The molecular weight excluding hydrogens is 204 g/mol. The number of nitrogens with zero attached hydrogens (tertiary/aromatic N) is 1. The van der Waals surface area contributed by atoms with Crippen LogP contribution in [0.2, 0.25) is 0 Å². The molecule has 0 bridgehead atoms. The molecule has 0 unspecified atom stereocenters. The number of hydrogen-bond donors (Lipinski definition) is 2. The van der Waals surface area contributed by atoms with Crippen molar-refractivity contribution in [2.45, 2.75) is 44.1 Å². The van der Waals surface area contributed by atoms with Gasteiger partial charge in [0.2, 0.25) is 5.91 Å². The molecule has 0 spiro atoms. The molecule has 1 amide bonds. The maximum Gasteiger partial charge on any atom is 0.221 e. The first-order chi connectivity index (χ1) is 7.52. The Hall–Kier alpha value is -0.610. The molecule has 0 saturated heterocycles. The predicted octanol–water partition coefficient (Wildman–Crippen LogP) is 0.749. The van der Waals surface area contributed by atoms with Gasteiger partial charge in [-0.2, -0.15) is 0 Å². The molecule has 1 fully saturated rings. The zero-order valence-electron chi connectivity index (χ0n) is 10.5. The molecule has 0 atom stereocenters. The lowest BCUT2D eigenvalue weighted by atomic mass is 9.85. The summed E-state index contributed by atoms with van der Waals surface area (Å²) in [5, 5.41) is 13.0. The Bertz CT molecular complexity index is 223. The monoisotopic (exact) mass is 228 g/mol. The van der Waals surface area contributed by atoms with E-state index in [1.165, 1.54) is 6.42 Å². The van der Waals surface area contributed by atoms with Gasteiger partial charge in [-0.1, -0.05) is 19.3 Å². The molecule has 1 rings (SSSR count). The SMILES string of the molecule is CN(C)CCC(=O)NCC1(O)CCCCC1. The smallest absolute Gasteiger partial charge is 0.221 e. The first-order valence-electron chi connectivity index (χ1n) is 6.16. The van der Waals surface area contributed by atoms with Crippen LogP contribution in [0.15, 0.2) is 0 Å². The number of hydrogen-bond acceptors (Lipinski definition) is 3. The number of carbonyl (C=O) groups excluding carboxylic acids is 1. The Labute approximate surface area is 98.0 Å². The summed E-state index contributed by atoms with van der Waals surface area (Å²) in [6.45, 7) is 1.17. The first-order valence-corrected chi connectivity index (χ1v) is 6.16. The van der Waals surface area contributed by atoms with Crippen molar-refractivity contribution < 1.29 is 9.90 Å². The molecule has 0 aromatic carbocycles. The van der Waals surface area contributed by atoms with Crippen LogP contribution in [0.25, 0.3) is 0 Å². The summed E-state index contributed by atoms with van der Waals surface area (Å²) in [4.78, 5) is 13.5. The van der Waals surface area contributed by atoms with E-state index in [1.807, 2.05) is 19.0 Å². The van der Waals surface area contributed by atoms with Crippen molar-refractivity contribution in [2.24, 2.45) is 0 Å². The lowest BCUT2D eigenvalue weighted by molar-refractivity contribution is -0.123. The number of nitrogens with one attached hydrogen (secondary N) is 1. The van der Waals surface area contributed by atoms with Crippen LogP contribution in [0.3, 0.4) is 0 Å². The molecule has 94 valence electrons. The lowest BCUT2D eigenvalue weighted by Gasteiger charge is -2.32. The van der Waals surface area contributed by atoms with Gasteiger partial charge in [0.05, 0.1) is 5.60 Å². The molecule has 16 heavy (non-hydrogen) atoms. The average molecular weight is 228 g/mol. The van der Waals surface area contributed by atoms with E-state index in [-0.39, 0.29) is 5.91 Å². The largest absolute Gasteiger partial charge is 0.388 e. The van der Waals surface area contributed by atoms with Crippen LogP contribution in [0.5, 0.6) is 0 Å². The standard InChI is InChI=1S/C12H24N2O2/c1-14(2)9-6-11(15)13-10-12(16)7-4-3-5-8-12/h16H,3-10H2,1-2H3,(H,13,15). The molecule has 1 aliphatic carbocycles. The molecule has 1 aliphatic rings. The number of aliphatic hydroxyl groups is 1. The quantitative estimate of drug-likeness (QED) is 0.730. The van der Waals surface area contributed by atoms with E-state index in [0.717, 1.165) is 32.2 Å². The summed E-state index contributed by atoms with van der Waals surface area (Å²) in [6.07, 6.45) is 5.50. The third kappa shape index (κ3) is 4.94. The van der Waals surface area contributed by atoms with Gasteiger partial charge in [0, 0.05) is 19.5 Å². The van der Waals surface area contributed by atoms with Crippen molar-refractivity contribution in [3.63, 3.8) is 0 Å². The minimum Gasteiger partial charge on any atom is -0.388 e. The Balaban J connectivity index is 2.19. The van der Waals surface area contributed by atoms with Gasteiger partial charge in [0.1, 0.15) is 0 Å². The summed E-state index contributed by atoms with van der Waals surface area (Å²) in [7, 11) is 3.89. The fraction of sp³-hybridized carbons (Fsp3) is 0.917. The van der Waals surface area contributed by atoms with Gasteiger partial charge < -0.3 is 15.3 Å². The highest BCUT2D eigenvalue weighted by Crippen LogP contribution is 2.27. The van der Waals surface area contributed by atoms with Crippen LogP contribution in [-0.4, -0.2) is 48.7 Å². The second kappa shape index (κ2) is 6.21. The van der Waals surface area contributed by atoms with Gasteiger partial charge in [0.25, 0.3) is 0 Å². The van der Waals surface area contributed by atoms with Crippen LogP contribution in [-0.2, 0) is 4.79 Å². The summed E-state index contributed by atoms with van der Waals surface area (Å²) in [5.74, 6) is 0.0349. The maximum absolute atomic E-state index is 11.5. The van der Waals surface area contributed by atoms with Crippen LogP contribution in [0, 0.1) is 0 Å². The zero-order valence-corrected chi connectivity index (χ0v) is 10.5. The van der Waals surface area contributed by atoms with E-state index in [0.29, 0.717) is 13.0 Å². The minimum absolute atomic E-state index is 0.0349. The number of rotatable bonds is 5. The third-order valence-corrected chi connectivity index (χ3v) is 3.18. The van der Waals surface area contributed by atoms with Crippen molar-refractivity contribution in [1.82, 2.24) is 10.2 Å². The molecule has 4 heteroatoms. The Kier molecular flexibility index (Phi) is 5.22. The van der Waals surface area contributed by atoms with Crippen LogP contribution >= 0.6 is 0 Å². The van der Waals surface area contributed by atoms with E-state index < -0.39 is 5.60 Å². The van der Waals surface area contributed by atoms with Gasteiger partial charge in [-0.3, -0.25) is 4.79 Å². The fourth-order valence-corrected chi connectivity index (χ4v) is 2.06. The zero-order chi connectivity index (χ0) is 12.0. The Morgan fingerprint density at radius 1 is 1.31 bits per heavy atom. The molecule has 0 aromatic heterocycles. The van der Waals surface area contributed by atoms with Crippen LogP contribution in [0.1, 0.15) is 38.5 Å². The van der Waals surface area contributed by atoms with E-state index in [9.17, 15) is 9.90 Å². The average Bonchev–Trinajstić information content (AvgIpc) is 2.25. The molecule has 0 radical (unpaired) electrons. The molecule has 0 aliphatic heterocycles. The Morgan fingerprint density at radius 2 is 1.94 bits per heavy atom. The van der Waals surface area contributed by atoms with Gasteiger partial charge in [-0.05, 0) is 26.9 Å². The van der Waals surface area contributed by atoms with E-state index in [1.54, 1.807) is 0 Å². The van der Waals surface area contributed by atoms with Gasteiger partial charge in [-0.15, -0.1) is 0 Å². The van der Waals surface area contributed by atoms with Gasteiger partial charge >= 0.3 is 0 Å². The summed E-state index contributed by atoms with van der Waals surface area (Å²) < 4.78 is 0. The van der Waals surface area contributed by atoms with Crippen molar-refractivity contribution in [3.05, 3.63) is 0 Å². The Morgan fingerprint density at radius 3 is 2.50 bits per heavy atom. The predicted molar refractivity (Wildman–Crippen MR) is 64.2 cm³/mol. The van der Waals surface area contributed by atoms with Crippen molar-refractivity contribution in [1.29, 1.82) is 0 Å². The van der Waals surface area contributed by atoms with E-state index in [2.05, 4.69) is 5.32 Å². The van der Waals surface area contributed by atoms with Crippen LogP contribution in [0.4, 0.5) is 0 Å². The molecular formula is C12H24N2O2. The highest BCUT2D eigenvalue weighted by Gasteiger charge is 2.29. The minimum atomic E-state index is -0.647. The number of carbonyl (C=O) groups is 1. The second-order valence-corrected chi connectivity index (χ2v) is 5.12. The van der Waals surface area contributed by atoms with Gasteiger partial charge in [-0.25, -0.2) is 0 Å². The molecule has 1 saturated carbocycles. The van der Waals surface area contributed by atoms with Gasteiger partial charge in [0.15, 0.2) is 0 Å². The third-order valence-electron chi connectivity index (χ3n) is 3.18. The molecule has 0 heterocycles. The lowest BCUT2D eigenvalue weighted by Crippen LogP contribution is -2.44. The maximum atomic E-state index is 11.5. The van der Waals surface area contributed by atoms with Crippen molar-refractivity contribution >= 4 is 5.91 Å². The second-order valence-electron chi connectivity index (χ2n) is 5.12. The fourth-order valence-electron chi connectivity index (χ4n) is 2.06. The molecule has 2 N–H and O–H groups in total. The topological polar surface area (TPSA) is 52.6 Å². The molecule has 0 aromatic rings. The highest BCUT2D eigenvalue weighted by molar-refractivity contribution is 5.76. The summed E-state index contributed by atoms with van der Waals surface area (Å²) in [6, 6.07) is 0. The normalized spacial score (nSPS) is 19.8. The summed E-state index contributed by atoms with van der Waals surface area (Å²) in [5.41, 5.74) is -0.647. The first kappa shape index (κ1) is 13.5. The summed E-state index contributed by atoms with van der Waals surface area (Å²) >= 11 is 0. The van der Waals surface area contributed by atoms with Crippen molar-refractivity contribution in [2.75, 3.05) is 27.2 Å². The number of amides is 1. The van der Waals surface area contributed by atoms with E-state index >= 15 is 0 Å². The van der Waals surface area contributed by atoms with E-state index in [4.69, 9.17) is 0 Å². The van der Waals surface area contributed by atoms with Crippen LogP contribution < -0.4 is 5.32 Å². The highest BCUT2D eigenvalue weighted by atomic mass is 16.3. The molecule has 4 nitrogen and oxygen atoms in total.